The second-order valence-corrected chi connectivity index (χ2v) is 4.76. The van der Waals surface area contributed by atoms with Crippen molar-refractivity contribution in [2.24, 2.45) is 0 Å². The molecule has 0 aliphatic heterocycles. The summed E-state index contributed by atoms with van der Waals surface area (Å²) in [5.74, 6) is 6.58. The van der Waals surface area contributed by atoms with Crippen LogP contribution in [0.25, 0.3) is 0 Å². The topological polar surface area (TPSA) is 12.5 Å². The first-order valence-electron chi connectivity index (χ1n) is 6.25. The van der Waals surface area contributed by atoms with Gasteiger partial charge in [-0.25, -0.2) is 4.39 Å². The van der Waals surface area contributed by atoms with Crippen molar-refractivity contribution in [3.63, 3.8) is 0 Å². The van der Waals surface area contributed by atoms with Gasteiger partial charge in [-0.15, -0.1) is 11.6 Å². The Labute approximate surface area is 119 Å². The standard InChI is InChI=1S/C15H19ClFNO/c1-18(2)10-5-11-19-15-8-7-14(17)12-13(15)6-3-4-9-16/h7-8,12H,4-5,9-11H2,1-2H3. The number of rotatable bonds is 6. The Morgan fingerprint density at radius 2 is 2.16 bits per heavy atom. The lowest BCUT2D eigenvalue weighted by Gasteiger charge is -2.11. The van der Waals surface area contributed by atoms with Gasteiger partial charge in [0.25, 0.3) is 0 Å². The predicted octanol–water partition coefficient (Wildman–Crippen LogP) is 3.14. The first-order valence-corrected chi connectivity index (χ1v) is 6.79. The monoisotopic (exact) mass is 283 g/mol. The van der Waals surface area contributed by atoms with E-state index in [1.807, 2.05) is 14.1 Å². The molecule has 1 aromatic carbocycles. The van der Waals surface area contributed by atoms with E-state index < -0.39 is 0 Å². The van der Waals surface area contributed by atoms with Crippen LogP contribution in [0.2, 0.25) is 0 Å². The maximum atomic E-state index is 13.2. The normalized spacial score (nSPS) is 10.2. The van der Waals surface area contributed by atoms with E-state index in [0.29, 0.717) is 30.2 Å². The molecular formula is C15H19ClFNO. The van der Waals surface area contributed by atoms with Gasteiger partial charge in [-0.1, -0.05) is 11.8 Å². The second-order valence-electron chi connectivity index (χ2n) is 4.39. The van der Waals surface area contributed by atoms with Crippen molar-refractivity contribution in [3.05, 3.63) is 29.6 Å². The summed E-state index contributed by atoms with van der Waals surface area (Å²) < 4.78 is 18.8. The van der Waals surface area contributed by atoms with Crippen LogP contribution in [0.1, 0.15) is 18.4 Å². The number of hydrogen-bond donors (Lipinski definition) is 0. The molecule has 0 bridgehead atoms. The molecule has 0 N–H and O–H groups in total. The number of benzene rings is 1. The molecule has 0 aliphatic rings. The molecule has 0 amide bonds. The molecule has 19 heavy (non-hydrogen) atoms. The zero-order chi connectivity index (χ0) is 14.1. The van der Waals surface area contributed by atoms with Gasteiger partial charge >= 0.3 is 0 Å². The molecule has 0 aliphatic carbocycles. The predicted molar refractivity (Wildman–Crippen MR) is 77.3 cm³/mol. The van der Waals surface area contributed by atoms with Crippen molar-refractivity contribution in [1.82, 2.24) is 4.90 Å². The fraction of sp³-hybridized carbons (Fsp3) is 0.467. The minimum Gasteiger partial charge on any atom is -0.492 e. The Hall–Kier alpha value is -1.24. The van der Waals surface area contributed by atoms with E-state index in [1.54, 1.807) is 6.07 Å². The lowest BCUT2D eigenvalue weighted by Crippen LogP contribution is -2.15. The largest absolute Gasteiger partial charge is 0.492 e. The molecule has 0 aromatic heterocycles. The maximum Gasteiger partial charge on any atom is 0.135 e. The van der Waals surface area contributed by atoms with E-state index in [9.17, 15) is 4.39 Å². The fourth-order valence-corrected chi connectivity index (χ4v) is 1.59. The zero-order valence-electron chi connectivity index (χ0n) is 11.4. The summed E-state index contributed by atoms with van der Waals surface area (Å²) in [4.78, 5) is 2.09. The molecule has 0 unspecified atom stereocenters. The summed E-state index contributed by atoms with van der Waals surface area (Å²) in [5, 5.41) is 0. The van der Waals surface area contributed by atoms with Crippen LogP contribution >= 0.6 is 11.6 Å². The Morgan fingerprint density at radius 1 is 1.37 bits per heavy atom. The van der Waals surface area contributed by atoms with Gasteiger partial charge in [-0.2, -0.15) is 0 Å². The highest BCUT2D eigenvalue weighted by atomic mass is 35.5. The number of ether oxygens (including phenoxy) is 1. The summed E-state index contributed by atoms with van der Waals surface area (Å²) >= 11 is 5.56. The van der Waals surface area contributed by atoms with Crippen molar-refractivity contribution in [3.8, 4) is 17.6 Å². The van der Waals surface area contributed by atoms with E-state index in [4.69, 9.17) is 16.3 Å². The molecule has 0 saturated carbocycles. The summed E-state index contributed by atoms with van der Waals surface area (Å²) in [6.07, 6.45) is 1.50. The van der Waals surface area contributed by atoms with Gasteiger partial charge in [0.1, 0.15) is 11.6 Å². The minimum atomic E-state index is -0.309. The van der Waals surface area contributed by atoms with E-state index >= 15 is 0 Å². The quantitative estimate of drug-likeness (QED) is 0.452. The summed E-state index contributed by atoms with van der Waals surface area (Å²) in [6, 6.07) is 4.40. The van der Waals surface area contributed by atoms with Crippen molar-refractivity contribution < 1.29 is 9.13 Å². The van der Waals surface area contributed by atoms with Gasteiger partial charge in [0, 0.05) is 18.8 Å². The van der Waals surface area contributed by atoms with Crippen LogP contribution in [0.5, 0.6) is 5.75 Å². The third-order valence-electron chi connectivity index (χ3n) is 2.39. The smallest absolute Gasteiger partial charge is 0.135 e. The van der Waals surface area contributed by atoms with Crippen LogP contribution in [-0.4, -0.2) is 38.0 Å². The van der Waals surface area contributed by atoms with Crippen molar-refractivity contribution >= 4 is 11.6 Å². The zero-order valence-corrected chi connectivity index (χ0v) is 12.1. The molecule has 4 heteroatoms. The van der Waals surface area contributed by atoms with Gasteiger partial charge in [0.15, 0.2) is 0 Å². The molecule has 104 valence electrons. The lowest BCUT2D eigenvalue weighted by molar-refractivity contribution is 0.281. The highest BCUT2D eigenvalue weighted by Gasteiger charge is 2.03. The number of hydrogen-bond acceptors (Lipinski definition) is 2. The number of halogens is 2. The van der Waals surface area contributed by atoms with E-state index in [2.05, 4.69) is 16.7 Å². The highest BCUT2D eigenvalue weighted by Crippen LogP contribution is 2.19. The van der Waals surface area contributed by atoms with Gasteiger partial charge in [-0.05, 0) is 38.7 Å². The molecule has 1 rings (SSSR count). The molecule has 1 aromatic rings. The van der Waals surface area contributed by atoms with Crippen LogP contribution in [0, 0.1) is 17.7 Å². The highest BCUT2D eigenvalue weighted by molar-refractivity contribution is 6.18. The molecule has 0 radical (unpaired) electrons. The molecule has 2 nitrogen and oxygen atoms in total. The Morgan fingerprint density at radius 3 is 2.84 bits per heavy atom. The lowest BCUT2D eigenvalue weighted by atomic mass is 10.2. The van der Waals surface area contributed by atoms with Crippen molar-refractivity contribution in [1.29, 1.82) is 0 Å². The number of alkyl halides is 1. The third-order valence-corrected chi connectivity index (χ3v) is 2.58. The average Bonchev–Trinajstić information content (AvgIpc) is 2.36. The van der Waals surface area contributed by atoms with Crippen LogP contribution < -0.4 is 4.74 Å². The fourth-order valence-electron chi connectivity index (χ4n) is 1.49. The Bertz CT molecular complexity index is 451. The van der Waals surface area contributed by atoms with Crippen LogP contribution in [0.15, 0.2) is 18.2 Å². The van der Waals surface area contributed by atoms with Gasteiger partial charge in [0.2, 0.25) is 0 Å². The first kappa shape index (κ1) is 15.8. The Kier molecular flexibility index (Phi) is 7.32. The second kappa shape index (κ2) is 8.79. The molecular weight excluding hydrogens is 265 g/mol. The van der Waals surface area contributed by atoms with E-state index in [-0.39, 0.29) is 5.82 Å². The summed E-state index contributed by atoms with van der Waals surface area (Å²) in [7, 11) is 4.03. The van der Waals surface area contributed by atoms with Crippen LogP contribution in [-0.2, 0) is 0 Å². The summed E-state index contributed by atoms with van der Waals surface area (Å²) in [6.45, 7) is 1.54. The van der Waals surface area contributed by atoms with Gasteiger partial charge in [-0.3, -0.25) is 0 Å². The van der Waals surface area contributed by atoms with Gasteiger partial charge in [0.05, 0.1) is 12.2 Å². The SMILES string of the molecule is CN(C)CCCOc1ccc(F)cc1C#CCCCl. The third kappa shape index (κ3) is 6.47. The summed E-state index contributed by atoms with van der Waals surface area (Å²) in [5.41, 5.74) is 0.579. The Balaban J connectivity index is 2.64. The van der Waals surface area contributed by atoms with Crippen molar-refractivity contribution in [2.45, 2.75) is 12.8 Å². The maximum absolute atomic E-state index is 13.2. The average molecular weight is 284 g/mol. The van der Waals surface area contributed by atoms with Gasteiger partial charge < -0.3 is 9.64 Å². The van der Waals surface area contributed by atoms with Crippen molar-refractivity contribution in [2.75, 3.05) is 33.1 Å². The molecule has 0 fully saturated rings. The minimum absolute atomic E-state index is 0.309. The number of nitrogens with zero attached hydrogens (tertiary/aromatic N) is 1. The molecule has 0 heterocycles. The van der Waals surface area contributed by atoms with E-state index in [0.717, 1.165) is 13.0 Å². The molecule has 0 atom stereocenters. The molecule has 0 saturated heterocycles. The van der Waals surface area contributed by atoms with Crippen LogP contribution in [0.4, 0.5) is 4.39 Å². The first-order chi connectivity index (χ1) is 9.13. The van der Waals surface area contributed by atoms with E-state index in [1.165, 1.54) is 12.1 Å². The van der Waals surface area contributed by atoms with Crippen LogP contribution in [0.3, 0.4) is 0 Å². The molecule has 0 spiro atoms.